The van der Waals surface area contributed by atoms with Crippen molar-refractivity contribution in [2.45, 2.75) is 83.1 Å². The number of aryl methyl sites for hydroxylation is 2. The van der Waals surface area contributed by atoms with Gasteiger partial charge in [0, 0.05) is 12.5 Å². The Labute approximate surface area is 217 Å². The fourth-order valence-electron chi connectivity index (χ4n) is 5.16. The van der Waals surface area contributed by atoms with E-state index in [4.69, 9.17) is 4.74 Å². The van der Waals surface area contributed by atoms with E-state index in [1.54, 1.807) is 13.0 Å². The molecule has 0 aliphatic heterocycles. The predicted octanol–water partition coefficient (Wildman–Crippen LogP) is 3.35. The summed E-state index contributed by atoms with van der Waals surface area (Å²) in [6.07, 6.45) is 7.69. The second kappa shape index (κ2) is 11.7. The number of nitrogens with zero attached hydrogens (tertiary/aromatic N) is 3. The summed E-state index contributed by atoms with van der Waals surface area (Å²) < 4.78 is 36.7. The van der Waals surface area contributed by atoms with Gasteiger partial charge in [-0.2, -0.15) is 0 Å². The van der Waals surface area contributed by atoms with E-state index >= 15 is 0 Å². The van der Waals surface area contributed by atoms with Gasteiger partial charge < -0.3 is 14.8 Å². The fraction of sp³-hybridized carbons (Fsp3) is 0.577. The number of fused-ring (bicyclic) bond motifs is 1. The zero-order valence-corrected chi connectivity index (χ0v) is 22.6. The van der Waals surface area contributed by atoms with Gasteiger partial charge >= 0.3 is 0 Å². The third-order valence-electron chi connectivity index (χ3n) is 6.92. The summed E-state index contributed by atoms with van der Waals surface area (Å²) in [4.78, 5) is 20.3. The van der Waals surface area contributed by atoms with Gasteiger partial charge in [-0.3, -0.25) is 4.79 Å². The molecule has 10 nitrogen and oxygen atoms in total. The van der Waals surface area contributed by atoms with Crippen LogP contribution in [0.1, 0.15) is 70.3 Å². The van der Waals surface area contributed by atoms with Gasteiger partial charge in [-0.25, -0.2) is 22.6 Å². The van der Waals surface area contributed by atoms with Gasteiger partial charge in [0.1, 0.15) is 11.6 Å². The highest BCUT2D eigenvalue weighted by atomic mass is 32.2. The van der Waals surface area contributed by atoms with Crippen LogP contribution in [0, 0.1) is 12.8 Å². The third kappa shape index (κ3) is 6.05. The van der Waals surface area contributed by atoms with Crippen LogP contribution in [-0.2, 0) is 16.4 Å². The average molecular weight is 532 g/mol. The molecule has 1 aliphatic rings. The van der Waals surface area contributed by atoms with Crippen LogP contribution in [0.4, 0.5) is 0 Å². The maximum Gasteiger partial charge on any atom is 0.277 e. The summed E-state index contributed by atoms with van der Waals surface area (Å²) in [6.45, 7) is 5.69. The maximum atomic E-state index is 13.3. The van der Waals surface area contributed by atoms with E-state index < -0.39 is 16.1 Å². The van der Waals surface area contributed by atoms with E-state index in [0.29, 0.717) is 53.7 Å². The number of nitrogens with one attached hydrogen (secondary N) is 2. The number of rotatable bonds is 11. The van der Waals surface area contributed by atoms with Crippen LogP contribution in [0.15, 0.2) is 27.9 Å². The predicted molar refractivity (Wildman–Crippen MR) is 141 cm³/mol. The number of imidazole rings is 1. The Bertz CT molecular complexity index is 1390. The molecule has 2 heterocycles. The Hall–Kier alpha value is -2.76. The number of aromatic amines is 1. The standard InChI is InChI=1S/C26H37N5O5S/c1-4-9-23-27-17(3)24-26(33)28-25(29-31(23)24)21-15-20(12-13-22(21)36-5-2)37(34,35)30-19(16-32)14-18-10-7-6-8-11-18/h12-13,15,18-19,30,32H,4-11,14,16H2,1-3H3,(H,28,29,33). The smallest absolute Gasteiger partial charge is 0.277 e. The van der Waals surface area contributed by atoms with Crippen LogP contribution in [0.2, 0.25) is 0 Å². The Kier molecular flexibility index (Phi) is 8.66. The minimum absolute atomic E-state index is 0.00591. The van der Waals surface area contributed by atoms with Gasteiger partial charge in [-0.05, 0) is 50.8 Å². The van der Waals surface area contributed by atoms with Crippen LogP contribution >= 0.6 is 0 Å². The molecule has 1 unspecified atom stereocenters. The van der Waals surface area contributed by atoms with Crippen LogP contribution in [-0.4, -0.2) is 52.4 Å². The summed E-state index contributed by atoms with van der Waals surface area (Å²) in [5.74, 6) is 1.66. The molecule has 0 amide bonds. The summed E-state index contributed by atoms with van der Waals surface area (Å²) in [7, 11) is -3.95. The zero-order chi connectivity index (χ0) is 26.6. The van der Waals surface area contributed by atoms with Crippen molar-refractivity contribution in [3.05, 3.63) is 40.1 Å². The fourth-order valence-corrected chi connectivity index (χ4v) is 6.42. The Morgan fingerprint density at radius 2 is 2.00 bits per heavy atom. The van der Waals surface area contributed by atoms with Crippen LogP contribution < -0.4 is 15.0 Å². The van der Waals surface area contributed by atoms with Crippen LogP contribution in [0.25, 0.3) is 16.9 Å². The molecule has 2 aromatic heterocycles. The van der Waals surface area contributed by atoms with Gasteiger partial charge in [0.25, 0.3) is 5.56 Å². The molecule has 0 spiro atoms. The lowest BCUT2D eigenvalue weighted by molar-refractivity contribution is 0.218. The number of hydrogen-bond acceptors (Lipinski definition) is 7. The van der Waals surface area contributed by atoms with Crippen molar-refractivity contribution >= 4 is 15.5 Å². The second-order valence-electron chi connectivity index (χ2n) is 9.76. The highest BCUT2D eigenvalue weighted by molar-refractivity contribution is 7.89. The summed E-state index contributed by atoms with van der Waals surface area (Å²) >= 11 is 0. The molecule has 3 aromatic rings. The number of aliphatic hydroxyl groups is 1. The Morgan fingerprint density at radius 3 is 2.68 bits per heavy atom. The minimum Gasteiger partial charge on any atom is -0.493 e. The first kappa shape index (κ1) is 27.3. The lowest BCUT2D eigenvalue weighted by Crippen LogP contribution is -2.39. The monoisotopic (exact) mass is 531 g/mol. The summed E-state index contributed by atoms with van der Waals surface area (Å²) in [5.41, 5.74) is 0.941. The molecule has 1 saturated carbocycles. The van der Waals surface area contributed by atoms with Crippen molar-refractivity contribution in [3.63, 3.8) is 0 Å². The molecule has 1 atom stereocenters. The SMILES string of the molecule is CCCc1nc(C)c2c(=O)[nH]c(-c3cc(S(=O)(=O)NC(CO)CC4CCCCC4)ccc3OCC)nn12. The zero-order valence-electron chi connectivity index (χ0n) is 21.8. The van der Waals surface area contributed by atoms with Crippen molar-refractivity contribution in [2.75, 3.05) is 13.2 Å². The molecule has 1 aliphatic carbocycles. The number of sulfonamides is 1. The molecule has 1 aromatic carbocycles. The second-order valence-corrected chi connectivity index (χ2v) is 11.5. The van der Waals surface area contributed by atoms with E-state index in [9.17, 15) is 18.3 Å². The van der Waals surface area contributed by atoms with Crippen LogP contribution in [0.5, 0.6) is 5.75 Å². The number of aliphatic hydroxyl groups excluding tert-OH is 1. The molecule has 4 rings (SSSR count). The Balaban J connectivity index is 1.72. The molecule has 0 saturated heterocycles. The third-order valence-corrected chi connectivity index (χ3v) is 8.44. The minimum atomic E-state index is -3.95. The van der Waals surface area contributed by atoms with Gasteiger partial charge in [0.05, 0.1) is 29.4 Å². The average Bonchev–Trinajstić information content (AvgIpc) is 3.20. The number of hydrogen-bond donors (Lipinski definition) is 3. The quantitative estimate of drug-likeness (QED) is 0.345. The molecule has 202 valence electrons. The van der Waals surface area contributed by atoms with Gasteiger partial charge in [-0.1, -0.05) is 39.0 Å². The van der Waals surface area contributed by atoms with E-state index in [2.05, 4.69) is 19.8 Å². The first-order valence-corrected chi connectivity index (χ1v) is 14.6. The van der Waals surface area contributed by atoms with Gasteiger partial charge in [0.15, 0.2) is 11.3 Å². The first-order valence-electron chi connectivity index (χ1n) is 13.2. The number of benzene rings is 1. The lowest BCUT2D eigenvalue weighted by Gasteiger charge is -2.26. The van der Waals surface area contributed by atoms with E-state index in [-0.39, 0.29) is 22.9 Å². The largest absolute Gasteiger partial charge is 0.493 e. The van der Waals surface area contributed by atoms with E-state index in [0.717, 1.165) is 32.1 Å². The highest BCUT2D eigenvalue weighted by Gasteiger charge is 2.26. The number of aromatic nitrogens is 4. The highest BCUT2D eigenvalue weighted by Crippen LogP contribution is 2.31. The molecule has 11 heteroatoms. The van der Waals surface area contributed by atoms with Gasteiger partial charge in [-0.15, -0.1) is 5.10 Å². The number of ether oxygens (including phenoxy) is 1. The summed E-state index contributed by atoms with van der Waals surface area (Å²) in [6, 6.07) is 3.92. The molecule has 0 bridgehead atoms. The molecule has 3 N–H and O–H groups in total. The topological polar surface area (TPSA) is 139 Å². The summed E-state index contributed by atoms with van der Waals surface area (Å²) in [5, 5.41) is 14.5. The van der Waals surface area contributed by atoms with Crippen molar-refractivity contribution in [1.29, 1.82) is 0 Å². The Morgan fingerprint density at radius 1 is 1.24 bits per heavy atom. The maximum absolute atomic E-state index is 13.3. The van der Waals surface area contributed by atoms with Crippen molar-refractivity contribution in [3.8, 4) is 17.1 Å². The molecule has 0 radical (unpaired) electrons. The molecule has 1 fully saturated rings. The van der Waals surface area contributed by atoms with Crippen molar-refractivity contribution in [1.82, 2.24) is 24.3 Å². The lowest BCUT2D eigenvalue weighted by atomic mass is 9.85. The molecule has 37 heavy (non-hydrogen) atoms. The van der Waals surface area contributed by atoms with Gasteiger partial charge in [0.2, 0.25) is 10.0 Å². The normalized spacial score (nSPS) is 15.8. The van der Waals surface area contributed by atoms with E-state index in [1.165, 1.54) is 23.1 Å². The van der Waals surface area contributed by atoms with Crippen LogP contribution in [0.3, 0.4) is 0 Å². The number of H-pyrrole nitrogens is 1. The van der Waals surface area contributed by atoms with E-state index in [1.807, 2.05) is 13.8 Å². The first-order chi connectivity index (χ1) is 17.8. The van der Waals surface area contributed by atoms with Crippen molar-refractivity contribution < 1.29 is 18.3 Å². The molecular weight excluding hydrogens is 494 g/mol. The molecular formula is C26H37N5O5S. The van der Waals surface area contributed by atoms with Crippen molar-refractivity contribution in [2.24, 2.45) is 5.92 Å².